The second kappa shape index (κ2) is 19.3. The van der Waals surface area contributed by atoms with Gasteiger partial charge in [-0.3, -0.25) is 14.4 Å². The molecule has 226 valence electrons. The van der Waals surface area contributed by atoms with Gasteiger partial charge >= 0.3 is 0 Å². The van der Waals surface area contributed by atoms with Crippen molar-refractivity contribution >= 4 is 23.8 Å². The molecular weight excluding hydrogens is 531 g/mol. The maximum absolute atomic E-state index is 12.9. The highest BCUT2D eigenvalue weighted by molar-refractivity contribution is 5.96. The van der Waals surface area contributed by atoms with E-state index < -0.39 is 0 Å². The van der Waals surface area contributed by atoms with Gasteiger partial charge in [0.25, 0.3) is 5.91 Å². The first-order chi connectivity index (χ1) is 20.2. The van der Waals surface area contributed by atoms with Gasteiger partial charge in [0, 0.05) is 35.9 Å². The summed E-state index contributed by atoms with van der Waals surface area (Å²) in [5.74, 6) is -0.985. The number of carbonyl (C=O) groups is 3. The van der Waals surface area contributed by atoms with E-state index in [-0.39, 0.29) is 29.6 Å². The zero-order valence-corrected chi connectivity index (χ0v) is 25.2. The summed E-state index contributed by atoms with van der Waals surface area (Å²) in [4.78, 5) is 37.7. The fourth-order valence-electron chi connectivity index (χ4n) is 4.43. The molecule has 42 heavy (non-hydrogen) atoms. The van der Waals surface area contributed by atoms with Crippen molar-refractivity contribution in [3.8, 4) is 0 Å². The van der Waals surface area contributed by atoms with Gasteiger partial charge in [-0.1, -0.05) is 61.9 Å². The molecule has 3 N–H and O–H groups in total. The Balaban J connectivity index is 0.000000335. The molecule has 0 radical (unpaired) electrons. The van der Waals surface area contributed by atoms with Gasteiger partial charge in [-0.15, -0.1) is 0 Å². The minimum Gasteiger partial charge on any atom is -0.350 e. The summed E-state index contributed by atoms with van der Waals surface area (Å²) in [5.41, 5.74) is 2.73. The Labute approximate surface area is 249 Å². The largest absolute Gasteiger partial charge is 0.350 e. The number of benzene rings is 3. The van der Waals surface area contributed by atoms with Crippen LogP contribution in [-0.2, 0) is 4.79 Å². The lowest BCUT2D eigenvalue weighted by Gasteiger charge is -2.12. The van der Waals surface area contributed by atoms with E-state index in [2.05, 4.69) is 60.8 Å². The van der Waals surface area contributed by atoms with E-state index in [0.717, 1.165) is 0 Å². The Morgan fingerprint density at radius 3 is 2.21 bits per heavy atom. The third kappa shape index (κ3) is 13.2. The van der Waals surface area contributed by atoms with E-state index in [0.29, 0.717) is 42.6 Å². The van der Waals surface area contributed by atoms with Crippen LogP contribution in [-0.4, -0.2) is 62.3 Å². The highest BCUT2D eigenvalue weighted by Gasteiger charge is 2.29. The Morgan fingerprint density at radius 2 is 1.64 bits per heavy atom. The van der Waals surface area contributed by atoms with Gasteiger partial charge in [0.2, 0.25) is 5.91 Å². The van der Waals surface area contributed by atoms with Crippen LogP contribution in [0.3, 0.4) is 0 Å². The fourth-order valence-corrected chi connectivity index (χ4v) is 4.43. The third-order valence-corrected chi connectivity index (χ3v) is 6.65. The van der Waals surface area contributed by atoms with Crippen molar-refractivity contribution in [2.75, 3.05) is 38.5 Å². The molecule has 3 aromatic rings. The average Bonchev–Trinajstić information content (AvgIpc) is 3.48. The number of carbonyl (C=O) groups excluding carboxylic acids is 3. The molecule has 1 aliphatic rings. The van der Waals surface area contributed by atoms with E-state index >= 15 is 0 Å². The molecule has 0 bridgehead atoms. The van der Waals surface area contributed by atoms with Crippen LogP contribution in [0.2, 0.25) is 0 Å². The summed E-state index contributed by atoms with van der Waals surface area (Å²) in [7, 11) is 2.17. The number of anilines is 1. The monoisotopic (exact) mass is 576 g/mol. The molecule has 0 aliphatic carbocycles. The van der Waals surface area contributed by atoms with Crippen LogP contribution in [0.25, 0.3) is 0 Å². The maximum Gasteiger partial charge on any atom is 0.251 e. The molecule has 1 heterocycles. The number of hydrogen-bond donors (Lipinski definition) is 3. The molecular formula is C34H45FN4O3. The second-order valence-corrected chi connectivity index (χ2v) is 10.4. The first kappa shape index (κ1) is 34.3. The molecule has 0 saturated carbocycles. The topological polar surface area (TPSA) is 90.5 Å². The fraction of sp³-hybridized carbons (Fsp3) is 0.382. The zero-order valence-electron chi connectivity index (χ0n) is 25.2. The van der Waals surface area contributed by atoms with Crippen molar-refractivity contribution in [2.45, 2.75) is 46.1 Å². The van der Waals surface area contributed by atoms with Gasteiger partial charge in [-0.25, -0.2) is 4.39 Å². The minimum absolute atomic E-state index is 0.0211. The first-order valence-electron chi connectivity index (χ1n) is 14.6. The van der Waals surface area contributed by atoms with Gasteiger partial charge in [0.05, 0.1) is 5.92 Å². The number of amides is 2. The number of halogens is 1. The number of rotatable bonds is 10. The molecule has 0 spiro atoms. The summed E-state index contributed by atoms with van der Waals surface area (Å²) in [5, 5.41) is 8.81. The molecule has 2 unspecified atom stereocenters. The summed E-state index contributed by atoms with van der Waals surface area (Å²) in [6.07, 6.45) is 3.83. The molecule has 2 amide bonds. The second-order valence-electron chi connectivity index (χ2n) is 10.4. The van der Waals surface area contributed by atoms with Crippen LogP contribution in [0, 0.1) is 18.7 Å². The van der Waals surface area contributed by atoms with Crippen LogP contribution in [0.1, 0.15) is 59.4 Å². The molecule has 1 aliphatic heterocycles. The molecule has 0 aromatic heterocycles. The molecule has 1 fully saturated rings. The lowest BCUT2D eigenvalue weighted by atomic mass is 10.0. The van der Waals surface area contributed by atoms with Crippen molar-refractivity contribution in [2.24, 2.45) is 5.92 Å². The smallest absolute Gasteiger partial charge is 0.251 e. The van der Waals surface area contributed by atoms with Gasteiger partial charge in [-0.05, 0) is 82.7 Å². The summed E-state index contributed by atoms with van der Waals surface area (Å²) in [6.45, 7) is 9.89. The highest BCUT2D eigenvalue weighted by atomic mass is 19.1. The van der Waals surface area contributed by atoms with E-state index in [1.54, 1.807) is 18.2 Å². The third-order valence-electron chi connectivity index (χ3n) is 6.65. The van der Waals surface area contributed by atoms with E-state index in [1.807, 2.05) is 18.2 Å². The van der Waals surface area contributed by atoms with Crippen molar-refractivity contribution in [3.05, 3.63) is 101 Å². The molecule has 4 rings (SSSR count). The van der Waals surface area contributed by atoms with Crippen molar-refractivity contribution in [1.82, 2.24) is 15.5 Å². The van der Waals surface area contributed by atoms with Crippen LogP contribution in [0.4, 0.5) is 10.1 Å². The van der Waals surface area contributed by atoms with Gasteiger partial charge in [0.1, 0.15) is 12.1 Å². The Kier molecular flexibility index (Phi) is 15.8. The standard InChI is InChI=1S/C20H20FN3O3.C7H17N.C7H8/c21-16-4-6-17(7-5-16)24-20(27)15-9-18(22-10-15)11-23-19(26)14-3-1-2-13(8-14)12-25;1-4-6-8(3)7-5-2;1-7-5-3-2-4-6-7/h1-8,12,15,18,22H,9-11H2,(H,23,26)(H,24,27);4-7H2,1-3H3;2-6H,1H3. The lowest BCUT2D eigenvalue weighted by Crippen LogP contribution is -2.37. The SMILES string of the molecule is CCCN(C)CCC.Cc1ccccc1.O=Cc1cccc(C(=O)NCC2CC(C(=O)Nc3ccc(F)cc3)CN2)c1. The van der Waals surface area contributed by atoms with E-state index in [1.165, 1.54) is 61.8 Å². The molecule has 1 saturated heterocycles. The predicted molar refractivity (Wildman–Crippen MR) is 168 cm³/mol. The average molecular weight is 577 g/mol. The Hall–Kier alpha value is -3.88. The maximum atomic E-state index is 12.9. The summed E-state index contributed by atoms with van der Waals surface area (Å²) in [6, 6.07) is 22.3. The summed E-state index contributed by atoms with van der Waals surface area (Å²) >= 11 is 0. The minimum atomic E-state index is -0.356. The summed E-state index contributed by atoms with van der Waals surface area (Å²) < 4.78 is 12.9. The predicted octanol–water partition coefficient (Wildman–Crippen LogP) is 5.72. The van der Waals surface area contributed by atoms with Crippen molar-refractivity contribution < 1.29 is 18.8 Å². The van der Waals surface area contributed by atoms with Gasteiger partial charge in [0.15, 0.2) is 0 Å². The quantitative estimate of drug-likeness (QED) is 0.269. The molecule has 8 heteroatoms. The zero-order chi connectivity index (χ0) is 30.7. The van der Waals surface area contributed by atoms with Crippen LogP contribution < -0.4 is 16.0 Å². The van der Waals surface area contributed by atoms with Crippen LogP contribution in [0.15, 0.2) is 78.9 Å². The van der Waals surface area contributed by atoms with Crippen molar-refractivity contribution in [3.63, 3.8) is 0 Å². The normalized spacial score (nSPS) is 15.5. The lowest BCUT2D eigenvalue weighted by molar-refractivity contribution is -0.119. The Morgan fingerprint density at radius 1 is 0.976 bits per heavy atom. The van der Waals surface area contributed by atoms with Crippen LogP contribution >= 0.6 is 0 Å². The number of nitrogens with one attached hydrogen (secondary N) is 3. The van der Waals surface area contributed by atoms with Gasteiger partial charge < -0.3 is 20.9 Å². The number of nitrogens with zero attached hydrogens (tertiary/aromatic N) is 1. The van der Waals surface area contributed by atoms with E-state index in [4.69, 9.17) is 0 Å². The molecule has 3 aromatic carbocycles. The molecule has 2 atom stereocenters. The van der Waals surface area contributed by atoms with Gasteiger partial charge in [-0.2, -0.15) is 0 Å². The number of hydrogen-bond acceptors (Lipinski definition) is 5. The Bertz CT molecular complexity index is 1210. The van der Waals surface area contributed by atoms with E-state index in [9.17, 15) is 18.8 Å². The number of aryl methyl sites for hydroxylation is 1. The van der Waals surface area contributed by atoms with Crippen LogP contribution in [0.5, 0.6) is 0 Å². The van der Waals surface area contributed by atoms with Crippen molar-refractivity contribution in [1.29, 1.82) is 0 Å². The molecule has 7 nitrogen and oxygen atoms in total. The first-order valence-corrected chi connectivity index (χ1v) is 14.6. The number of aldehydes is 1. The highest BCUT2D eigenvalue weighted by Crippen LogP contribution is 2.17.